The number of aryl methyl sites for hydroxylation is 1. The molecule has 2 atom stereocenters. The van der Waals surface area contributed by atoms with Crippen molar-refractivity contribution in [2.75, 3.05) is 49.2 Å². The largest absolute Gasteiger partial charge is 0.508 e. The number of amides is 1. The number of nitrogens with zero attached hydrogens (tertiary/aromatic N) is 5. The van der Waals surface area contributed by atoms with Crippen LogP contribution >= 0.6 is 0 Å². The number of hydrogen-bond acceptors (Lipinski definition) is 7. The van der Waals surface area contributed by atoms with Gasteiger partial charge in [0.2, 0.25) is 0 Å². The average molecular weight is 560 g/mol. The summed E-state index contributed by atoms with van der Waals surface area (Å²) in [6.07, 6.45) is 7.14. The maximum Gasteiger partial charge on any atom is 0.264 e. The Morgan fingerprint density at radius 3 is 2.78 bits per heavy atom. The predicted octanol–water partition coefficient (Wildman–Crippen LogP) is 5.16. The van der Waals surface area contributed by atoms with E-state index in [0.29, 0.717) is 65.6 Å². The quantitative estimate of drug-likeness (QED) is 0.473. The molecule has 0 bridgehead atoms. The van der Waals surface area contributed by atoms with Gasteiger partial charge < -0.3 is 19.6 Å². The molecule has 3 fully saturated rings. The van der Waals surface area contributed by atoms with E-state index in [-0.39, 0.29) is 29.9 Å². The van der Waals surface area contributed by atoms with Gasteiger partial charge in [-0.15, -0.1) is 0 Å². The minimum absolute atomic E-state index is 0.0428. The number of anilines is 2. The summed E-state index contributed by atoms with van der Waals surface area (Å²) < 4.78 is 20.7. The molecule has 9 heteroatoms. The molecule has 41 heavy (non-hydrogen) atoms. The summed E-state index contributed by atoms with van der Waals surface area (Å²) in [4.78, 5) is 31.1. The molecular formula is C32H38FN5O3. The molecule has 0 saturated carbocycles. The van der Waals surface area contributed by atoms with Crippen molar-refractivity contribution in [2.45, 2.75) is 70.4 Å². The molecule has 1 N–H and O–H groups in total. The maximum atomic E-state index is 15.0. The molecule has 3 aromatic rings. The first-order chi connectivity index (χ1) is 20.0. The van der Waals surface area contributed by atoms with Crippen LogP contribution in [0.1, 0.15) is 78.8 Å². The van der Waals surface area contributed by atoms with Crippen molar-refractivity contribution < 1.29 is 19.0 Å². The van der Waals surface area contributed by atoms with Crippen LogP contribution in [0, 0.1) is 5.82 Å². The normalized spacial score (nSPS) is 23.5. The number of fused-ring (bicyclic) bond motifs is 3. The van der Waals surface area contributed by atoms with Crippen LogP contribution in [0.3, 0.4) is 0 Å². The second-order valence-electron chi connectivity index (χ2n) is 11.9. The zero-order chi connectivity index (χ0) is 28.1. The van der Waals surface area contributed by atoms with Crippen molar-refractivity contribution in [3.05, 3.63) is 52.7 Å². The molecule has 7 rings (SSSR count). The summed E-state index contributed by atoms with van der Waals surface area (Å²) in [5.74, 6) is 1.31. The number of phenols is 1. The van der Waals surface area contributed by atoms with E-state index in [2.05, 4.69) is 9.80 Å². The van der Waals surface area contributed by atoms with Crippen LogP contribution in [0.4, 0.5) is 15.9 Å². The fourth-order valence-corrected chi connectivity index (χ4v) is 7.54. The molecule has 0 radical (unpaired) electrons. The number of piperidine rings is 2. The molecule has 2 aromatic carbocycles. The number of carbonyl (C=O) groups is 1. The van der Waals surface area contributed by atoms with Crippen LogP contribution in [0.25, 0.3) is 10.8 Å². The van der Waals surface area contributed by atoms with Gasteiger partial charge in [-0.3, -0.25) is 9.69 Å². The molecule has 5 heterocycles. The van der Waals surface area contributed by atoms with Gasteiger partial charge in [-0.25, -0.2) is 14.4 Å². The Kier molecular flexibility index (Phi) is 7.03. The summed E-state index contributed by atoms with van der Waals surface area (Å²) in [5.41, 5.74) is 2.30. The number of ether oxygens (including phenoxy) is 1. The molecule has 8 nitrogen and oxygen atoms in total. The van der Waals surface area contributed by atoms with E-state index in [4.69, 9.17) is 14.7 Å². The minimum atomic E-state index is -0.308. The number of rotatable bonds is 4. The zero-order valence-electron chi connectivity index (χ0n) is 23.7. The summed E-state index contributed by atoms with van der Waals surface area (Å²) in [7, 11) is 0. The van der Waals surface area contributed by atoms with Gasteiger partial charge in [0, 0.05) is 43.1 Å². The predicted molar refractivity (Wildman–Crippen MR) is 156 cm³/mol. The summed E-state index contributed by atoms with van der Waals surface area (Å²) in [5, 5.41) is 12.0. The monoisotopic (exact) mass is 559 g/mol. The first kappa shape index (κ1) is 26.6. The number of aromatic hydroxyl groups is 1. The Hall–Kier alpha value is -3.30. The fraction of sp³-hybridized carbons (Fsp3) is 0.531. The van der Waals surface area contributed by atoms with Crippen molar-refractivity contribution in [3.8, 4) is 5.75 Å². The molecule has 2 unspecified atom stereocenters. The van der Waals surface area contributed by atoms with Gasteiger partial charge in [-0.2, -0.15) is 0 Å². The van der Waals surface area contributed by atoms with Crippen LogP contribution in [0.5, 0.6) is 5.75 Å². The Balaban J connectivity index is 1.36. The van der Waals surface area contributed by atoms with Crippen molar-refractivity contribution >= 4 is 28.2 Å². The number of aromatic nitrogens is 2. The lowest BCUT2D eigenvalue weighted by atomic mass is 9.83. The lowest BCUT2D eigenvalue weighted by Gasteiger charge is -2.43. The Morgan fingerprint density at radius 1 is 1.02 bits per heavy atom. The summed E-state index contributed by atoms with van der Waals surface area (Å²) in [6, 6.07) is 6.75. The van der Waals surface area contributed by atoms with E-state index in [0.717, 1.165) is 56.8 Å². The smallest absolute Gasteiger partial charge is 0.264 e. The molecule has 3 saturated heterocycles. The Bertz CT molecular complexity index is 1490. The first-order valence-electron chi connectivity index (χ1n) is 15.3. The maximum absolute atomic E-state index is 15.0. The number of carbonyl (C=O) groups excluding carboxylic acids is 1. The third-order valence-electron chi connectivity index (χ3n) is 9.47. The second-order valence-corrected chi connectivity index (χ2v) is 11.9. The van der Waals surface area contributed by atoms with Crippen LogP contribution in [0.2, 0.25) is 0 Å². The van der Waals surface area contributed by atoms with Crippen molar-refractivity contribution in [3.63, 3.8) is 0 Å². The van der Waals surface area contributed by atoms with Gasteiger partial charge in [0.1, 0.15) is 28.8 Å². The van der Waals surface area contributed by atoms with Crippen LogP contribution < -0.4 is 9.80 Å². The molecule has 4 aliphatic rings. The molecule has 4 aliphatic heterocycles. The van der Waals surface area contributed by atoms with E-state index in [1.165, 1.54) is 18.9 Å². The fourth-order valence-electron chi connectivity index (χ4n) is 7.54. The SMILES string of the molecule is CCc1c(F)ccc2cc(O)cc(N3Cc4nc(C5CCCN6CCCCC56)nc(N5CCCOCC5)c4C3=O)c12. The first-order valence-corrected chi connectivity index (χ1v) is 15.3. The van der Waals surface area contributed by atoms with Crippen molar-refractivity contribution in [1.82, 2.24) is 14.9 Å². The summed E-state index contributed by atoms with van der Waals surface area (Å²) in [6.45, 7) is 7.14. The molecule has 0 aliphatic carbocycles. The highest BCUT2D eigenvalue weighted by molar-refractivity contribution is 6.16. The Labute approximate surface area is 240 Å². The molecule has 1 amide bonds. The standard InChI is InChI=1S/C32H38FN5O3/c1-2-22-24(33)10-9-20-17-21(39)18-27(28(20)22)38-19-25-29(32(38)40)31(37-13-6-15-41-16-14-37)35-30(34-25)23-7-5-12-36-11-4-3-8-26(23)36/h9-10,17-18,23,26,39H,2-8,11-16,19H2,1H3. The van der Waals surface area contributed by atoms with E-state index in [1.54, 1.807) is 23.1 Å². The number of phenolic OH excluding ortho intramolecular Hbond substituents is 1. The number of halogens is 1. The molecule has 216 valence electrons. The topological polar surface area (TPSA) is 82.0 Å². The van der Waals surface area contributed by atoms with Gasteiger partial charge in [0.25, 0.3) is 5.91 Å². The van der Waals surface area contributed by atoms with Crippen molar-refractivity contribution in [2.24, 2.45) is 0 Å². The van der Waals surface area contributed by atoms with Gasteiger partial charge in [-0.05, 0) is 74.7 Å². The van der Waals surface area contributed by atoms with Gasteiger partial charge >= 0.3 is 0 Å². The number of hydrogen-bond donors (Lipinski definition) is 1. The van der Waals surface area contributed by atoms with E-state index in [1.807, 2.05) is 6.92 Å². The Morgan fingerprint density at radius 2 is 1.90 bits per heavy atom. The lowest BCUT2D eigenvalue weighted by molar-refractivity contribution is 0.0865. The van der Waals surface area contributed by atoms with Gasteiger partial charge in [0.05, 0.1) is 24.5 Å². The zero-order valence-corrected chi connectivity index (χ0v) is 23.7. The van der Waals surface area contributed by atoms with E-state index < -0.39 is 0 Å². The van der Waals surface area contributed by atoms with Crippen LogP contribution in [0.15, 0.2) is 24.3 Å². The third kappa shape index (κ3) is 4.63. The highest BCUT2D eigenvalue weighted by Crippen LogP contribution is 2.42. The summed E-state index contributed by atoms with van der Waals surface area (Å²) >= 11 is 0. The highest BCUT2D eigenvalue weighted by Gasteiger charge is 2.40. The van der Waals surface area contributed by atoms with Crippen LogP contribution in [-0.4, -0.2) is 71.3 Å². The second kappa shape index (κ2) is 10.8. The van der Waals surface area contributed by atoms with Crippen molar-refractivity contribution in [1.29, 1.82) is 0 Å². The van der Waals surface area contributed by atoms with E-state index >= 15 is 0 Å². The third-order valence-corrected chi connectivity index (χ3v) is 9.47. The van der Waals surface area contributed by atoms with E-state index in [9.17, 15) is 14.3 Å². The number of benzene rings is 2. The van der Waals surface area contributed by atoms with Gasteiger partial charge in [0.15, 0.2) is 0 Å². The molecular weight excluding hydrogens is 521 g/mol. The van der Waals surface area contributed by atoms with Gasteiger partial charge in [-0.1, -0.05) is 19.4 Å². The molecule has 1 aromatic heterocycles. The van der Waals surface area contributed by atoms with Crippen LogP contribution in [-0.2, 0) is 17.7 Å². The average Bonchev–Trinajstić information content (AvgIpc) is 3.13. The molecule has 0 spiro atoms. The lowest BCUT2D eigenvalue weighted by Crippen LogP contribution is -2.47. The highest BCUT2D eigenvalue weighted by atomic mass is 19.1. The minimum Gasteiger partial charge on any atom is -0.508 e.